The molecule has 0 aliphatic carbocycles. The van der Waals surface area contributed by atoms with Crippen LogP contribution < -0.4 is 0 Å². The number of hydrogen-bond acceptors (Lipinski definition) is 4. The highest BCUT2D eigenvalue weighted by Gasteiger charge is 2.11. The number of aliphatic carboxylic acids is 1. The van der Waals surface area contributed by atoms with Crippen LogP contribution in [0.5, 0.6) is 0 Å². The molecule has 0 bridgehead atoms. The van der Waals surface area contributed by atoms with E-state index < -0.39 is 5.97 Å². The SMILES string of the molecule is C=C(Cc1nc(CCCCCCCCCCC)no1)C(=O)O. The summed E-state index contributed by atoms with van der Waals surface area (Å²) in [6.45, 7) is 5.69. The molecule has 0 aliphatic rings. The largest absolute Gasteiger partial charge is 0.478 e. The molecule has 0 atom stereocenters. The Balaban J connectivity index is 2.07. The lowest BCUT2D eigenvalue weighted by Crippen LogP contribution is -2.02. The van der Waals surface area contributed by atoms with Gasteiger partial charge in [0.1, 0.15) is 0 Å². The standard InChI is InChI=1S/C17H28N2O3/c1-3-4-5-6-7-8-9-10-11-12-15-18-16(22-19-15)13-14(2)17(20)21/h2-13H2,1H3,(H,20,21). The fourth-order valence-corrected chi connectivity index (χ4v) is 2.32. The van der Waals surface area contributed by atoms with Crippen molar-refractivity contribution in [1.82, 2.24) is 10.1 Å². The Morgan fingerprint density at radius 1 is 1.09 bits per heavy atom. The van der Waals surface area contributed by atoms with Crippen molar-refractivity contribution in [3.8, 4) is 0 Å². The van der Waals surface area contributed by atoms with Gasteiger partial charge in [0.2, 0.25) is 5.89 Å². The quantitative estimate of drug-likeness (QED) is 0.433. The molecule has 0 radical (unpaired) electrons. The van der Waals surface area contributed by atoms with Gasteiger partial charge in [-0.25, -0.2) is 4.79 Å². The second-order valence-corrected chi connectivity index (χ2v) is 5.77. The first-order valence-corrected chi connectivity index (χ1v) is 8.36. The van der Waals surface area contributed by atoms with Gasteiger partial charge in [0.25, 0.3) is 0 Å². The van der Waals surface area contributed by atoms with Crippen LogP contribution in [-0.2, 0) is 17.6 Å². The fraction of sp³-hybridized carbons (Fsp3) is 0.706. The summed E-state index contributed by atoms with van der Waals surface area (Å²) in [4.78, 5) is 14.9. The lowest BCUT2D eigenvalue weighted by Gasteiger charge is -2.00. The lowest BCUT2D eigenvalue weighted by atomic mass is 10.1. The van der Waals surface area contributed by atoms with Crippen molar-refractivity contribution in [2.24, 2.45) is 0 Å². The van der Waals surface area contributed by atoms with E-state index >= 15 is 0 Å². The molecular formula is C17H28N2O3. The first-order valence-electron chi connectivity index (χ1n) is 8.36. The Morgan fingerprint density at radius 2 is 1.68 bits per heavy atom. The molecule has 0 spiro atoms. The molecule has 0 fully saturated rings. The Labute approximate surface area is 132 Å². The number of aryl methyl sites for hydroxylation is 1. The normalized spacial score (nSPS) is 10.8. The minimum Gasteiger partial charge on any atom is -0.478 e. The molecule has 1 heterocycles. The van der Waals surface area contributed by atoms with E-state index in [1.165, 1.54) is 51.4 Å². The van der Waals surface area contributed by atoms with Gasteiger partial charge >= 0.3 is 5.97 Å². The van der Waals surface area contributed by atoms with Crippen LogP contribution in [0, 0.1) is 0 Å². The van der Waals surface area contributed by atoms with Gasteiger partial charge in [-0.15, -0.1) is 0 Å². The fourth-order valence-electron chi connectivity index (χ4n) is 2.32. The maximum Gasteiger partial charge on any atom is 0.331 e. The average molecular weight is 308 g/mol. The molecule has 1 rings (SSSR count). The number of carbonyl (C=O) groups is 1. The predicted molar refractivity (Wildman–Crippen MR) is 85.7 cm³/mol. The van der Waals surface area contributed by atoms with Gasteiger partial charge in [-0.1, -0.05) is 70.0 Å². The summed E-state index contributed by atoms with van der Waals surface area (Å²) in [6, 6.07) is 0. The summed E-state index contributed by atoms with van der Waals surface area (Å²) in [7, 11) is 0. The molecule has 1 N–H and O–H groups in total. The molecule has 5 nitrogen and oxygen atoms in total. The Hall–Kier alpha value is -1.65. The van der Waals surface area contributed by atoms with Crippen LogP contribution in [0.2, 0.25) is 0 Å². The van der Waals surface area contributed by atoms with Gasteiger partial charge in [0.15, 0.2) is 5.82 Å². The third-order valence-corrected chi connectivity index (χ3v) is 3.68. The van der Waals surface area contributed by atoms with Crippen molar-refractivity contribution in [1.29, 1.82) is 0 Å². The molecule has 1 aromatic heterocycles. The van der Waals surface area contributed by atoms with Crippen molar-refractivity contribution in [3.05, 3.63) is 23.9 Å². The first-order chi connectivity index (χ1) is 10.6. The Kier molecular flexibility index (Phi) is 9.19. The van der Waals surface area contributed by atoms with Crippen LogP contribution in [0.25, 0.3) is 0 Å². The van der Waals surface area contributed by atoms with Crippen molar-refractivity contribution >= 4 is 5.97 Å². The maximum absolute atomic E-state index is 10.7. The number of hydrogen-bond donors (Lipinski definition) is 1. The van der Waals surface area contributed by atoms with Gasteiger partial charge in [0, 0.05) is 12.0 Å². The summed E-state index contributed by atoms with van der Waals surface area (Å²) in [5.74, 6) is -0.0341. The summed E-state index contributed by atoms with van der Waals surface area (Å²) in [6.07, 6.45) is 12.4. The molecule has 0 aliphatic heterocycles. The van der Waals surface area contributed by atoms with E-state index in [1.807, 2.05) is 0 Å². The number of carboxylic acid groups (broad SMARTS) is 1. The predicted octanol–water partition coefficient (Wildman–Crippen LogP) is 4.33. The maximum atomic E-state index is 10.7. The second-order valence-electron chi connectivity index (χ2n) is 5.77. The minimum atomic E-state index is -1.03. The molecule has 5 heteroatoms. The number of rotatable bonds is 13. The molecule has 0 saturated carbocycles. The van der Waals surface area contributed by atoms with E-state index in [-0.39, 0.29) is 12.0 Å². The van der Waals surface area contributed by atoms with E-state index in [2.05, 4.69) is 23.6 Å². The highest BCUT2D eigenvalue weighted by molar-refractivity contribution is 5.86. The number of carboxylic acids is 1. The Morgan fingerprint density at radius 3 is 2.27 bits per heavy atom. The van der Waals surface area contributed by atoms with E-state index in [1.54, 1.807) is 0 Å². The smallest absolute Gasteiger partial charge is 0.331 e. The Bertz CT molecular complexity index is 455. The molecule has 0 amide bonds. The van der Waals surface area contributed by atoms with Crippen molar-refractivity contribution in [2.75, 3.05) is 0 Å². The third kappa shape index (κ3) is 7.96. The number of nitrogens with zero attached hydrogens (tertiary/aromatic N) is 2. The summed E-state index contributed by atoms with van der Waals surface area (Å²) in [5.41, 5.74) is 0.0678. The average Bonchev–Trinajstić information content (AvgIpc) is 2.93. The van der Waals surface area contributed by atoms with Crippen molar-refractivity contribution in [2.45, 2.75) is 77.6 Å². The summed E-state index contributed by atoms with van der Waals surface area (Å²) >= 11 is 0. The molecule has 124 valence electrons. The molecule has 0 unspecified atom stereocenters. The van der Waals surface area contributed by atoms with E-state index in [4.69, 9.17) is 9.63 Å². The summed E-state index contributed by atoms with van der Waals surface area (Å²) < 4.78 is 5.03. The first kappa shape index (κ1) is 18.4. The monoisotopic (exact) mass is 308 g/mol. The van der Waals surface area contributed by atoms with Gasteiger partial charge in [-0.05, 0) is 6.42 Å². The van der Waals surface area contributed by atoms with Gasteiger partial charge in [-0.2, -0.15) is 4.98 Å². The lowest BCUT2D eigenvalue weighted by molar-refractivity contribution is -0.132. The van der Waals surface area contributed by atoms with Crippen molar-refractivity contribution in [3.63, 3.8) is 0 Å². The van der Waals surface area contributed by atoms with Crippen LogP contribution in [0.4, 0.5) is 0 Å². The topological polar surface area (TPSA) is 76.2 Å². The number of unbranched alkanes of at least 4 members (excludes halogenated alkanes) is 8. The minimum absolute atomic E-state index is 0.0678. The molecule has 1 aromatic rings. The highest BCUT2D eigenvalue weighted by Crippen LogP contribution is 2.11. The zero-order chi connectivity index (χ0) is 16.2. The third-order valence-electron chi connectivity index (χ3n) is 3.68. The van der Waals surface area contributed by atoms with Crippen LogP contribution >= 0.6 is 0 Å². The summed E-state index contributed by atoms with van der Waals surface area (Å²) in [5, 5.41) is 12.6. The second kappa shape index (κ2) is 11.0. The van der Waals surface area contributed by atoms with Gasteiger partial charge < -0.3 is 9.63 Å². The van der Waals surface area contributed by atoms with E-state index in [9.17, 15) is 4.79 Å². The van der Waals surface area contributed by atoms with Crippen LogP contribution in [0.1, 0.15) is 76.4 Å². The van der Waals surface area contributed by atoms with E-state index in [0.717, 1.165) is 12.8 Å². The van der Waals surface area contributed by atoms with Gasteiger partial charge in [0.05, 0.1) is 6.42 Å². The zero-order valence-corrected chi connectivity index (χ0v) is 13.6. The van der Waals surface area contributed by atoms with Crippen LogP contribution in [-0.4, -0.2) is 21.2 Å². The zero-order valence-electron chi connectivity index (χ0n) is 13.6. The molecular weight excluding hydrogens is 280 g/mol. The molecule has 0 saturated heterocycles. The molecule has 22 heavy (non-hydrogen) atoms. The van der Waals surface area contributed by atoms with Crippen LogP contribution in [0.3, 0.4) is 0 Å². The molecule has 0 aromatic carbocycles. The van der Waals surface area contributed by atoms with Crippen molar-refractivity contribution < 1.29 is 14.4 Å². The van der Waals surface area contributed by atoms with Crippen LogP contribution in [0.15, 0.2) is 16.7 Å². The highest BCUT2D eigenvalue weighted by atomic mass is 16.5. The number of aromatic nitrogens is 2. The van der Waals surface area contributed by atoms with Gasteiger partial charge in [-0.3, -0.25) is 0 Å². The van der Waals surface area contributed by atoms with E-state index in [0.29, 0.717) is 11.7 Å².